The number of benzene rings is 2. The number of hydrogen-bond donors (Lipinski definition) is 2. The molecule has 190 valence electrons. The summed E-state index contributed by atoms with van der Waals surface area (Å²) in [7, 11) is 0. The summed E-state index contributed by atoms with van der Waals surface area (Å²) in [6, 6.07) is 9.08. The van der Waals surface area contributed by atoms with E-state index in [2.05, 4.69) is 15.5 Å². The van der Waals surface area contributed by atoms with Crippen LogP contribution in [0.25, 0.3) is 11.5 Å². The Kier molecular flexibility index (Phi) is 8.14. The van der Waals surface area contributed by atoms with Crippen molar-refractivity contribution < 1.29 is 22.4 Å². The zero-order valence-corrected chi connectivity index (χ0v) is 20.3. The van der Waals surface area contributed by atoms with Crippen LogP contribution in [0.15, 0.2) is 40.8 Å². The molecule has 0 saturated carbocycles. The average molecular weight is 519 g/mol. The molecule has 3 aromatic rings. The van der Waals surface area contributed by atoms with Crippen LogP contribution in [0.3, 0.4) is 0 Å². The van der Waals surface area contributed by atoms with Gasteiger partial charge in [0.1, 0.15) is 5.82 Å². The van der Waals surface area contributed by atoms with Gasteiger partial charge in [-0.1, -0.05) is 6.07 Å². The molecule has 1 fully saturated rings. The monoisotopic (exact) mass is 518 g/mol. The summed E-state index contributed by atoms with van der Waals surface area (Å²) >= 11 is 1.77. The standard InChI is InChI=1S/C24H25F3N6O2S/c1-2-29-20-12-18(6-5-16(20)13-28)33(24(34)32-7-9-36-10-8-32)14-17-4-3-15(11-19(17)25)22-30-31-23(35-22)21(26)27/h3-6,11-13,21,28-29H,2,7-10,14H2,1H3. The lowest BCUT2D eigenvalue weighted by atomic mass is 10.1. The second kappa shape index (κ2) is 11.5. The highest BCUT2D eigenvalue weighted by Gasteiger charge is 2.26. The predicted molar refractivity (Wildman–Crippen MR) is 134 cm³/mol. The van der Waals surface area contributed by atoms with E-state index in [9.17, 15) is 13.6 Å². The topological polar surface area (TPSA) is 98.3 Å². The lowest BCUT2D eigenvalue weighted by molar-refractivity contribution is 0.116. The number of hydrogen-bond acceptors (Lipinski definition) is 7. The Morgan fingerprint density at radius 3 is 2.67 bits per heavy atom. The van der Waals surface area contributed by atoms with Crippen molar-refractivity contribution in [2.75, 3.05) is 41.4 Å². The third-order valence-electron chi connectivity index (χ3n) is 5.64. The molecule has 0 aliphatic carbocycles. The van der Waals surface area contributed by atoms with Gasteiger partial charge in [0.25, 0.3) is 5.89 Å². The van der Waals surface area contributed by atoms with Gasteiger partial charge in [-0.2, -0.15) is 20.5 Å². The highest BCUT2D eigenvalue weighted by atomic mass is 32.2. The first-order valence-corrected chi connectivity index (χ1v) is 12.5. The average Bonchev–Trinajstić information content (AvgIpc) is 3.39. The number of nitrogens with one attached hydrogen (secondary N) is 2. The maximum atomic E-state index is 15.2. The minimum atomic E-state index is -2.92. The molecular formula is C24H25F3N6O2S. The summed E-state index contributed by atoms with van der Waals surface area (Å²) in [6.07, 6.45) is -1.69. The van der Waals surface area contributed by atoms with Crippen LogP contribution in [0, 0.1) is 11.2 Å². The van der Waals surface area contributed by atoms with Gasteiger partial charge in [-0.05, 0) is 37.3 Å². The van der Waals surface area contributed by atoms with Crippen LogP contribution in [-0.2, 0) is 6.54 Å². The SMILES string of the molecule is CCNc1cc(N(Cc2ccc(-c3nnc(C(F)F)o3)cc2F)C(=O)N2CCSCC2)ccc1C=N. The molecule has 1 aromatic heterocycles. The number of urea groups is 1. The van der Waals surface area contributed by atoms with E-state index in [4.69, 9.17) is 9.83 Å². The van der Waals surface area contributed by atoms with Crippen molar-refractivity contribution in [1.29, 1.82) is 5.41 Å². The van der Waals surface area contributed by atoms with Gasteiger partial charge in [0.2, 0.25) is 5.89 Å². The quantitative estimate of drug-likeness (QED) is 0.387. The molecular weight excluding hydrogens is 493 g/mol. The number of carbonyl (C=O) groups is 1. The van der Waals surface area contributed by atoms with Crippen molar-refractivity contribution in [3.63, 3.8) is 0 Å². The van der Waals surface area contributed by atoms with Gasteiger partial charge in [0.05, 0.1) is 6.54 Å². The molecule has 1 aliphatic rings. The van der Waals surface area contributed by atoms with Crippen LogP contribution < -0.4 is 10.2 Å². The second-order valence-electron chi connectivity index (χ2n) is 7.97. The molecule has 0 radical (unpaired) electrons. The normalized spacial score (nSPS) is 13.6. The minimum absolute atomic E-state index is 0.0593. The summed E-state index contributed by atoms with van der Waals surface area (Å²) in [5, 5.41) is 17.7. The van der Waals surface area contributed by atoms with E-state index >= 15 is 4.39 Å². The molecule has 2 amide bonds. The van der Waals surface area contributed by atoms with E-state index in [-0.39, 0.29) is 29.6 Å². The zero-order valence-electron chi connectivity index (χ0n) is 19.5. The van der Waals surface area contributed by atoms with Crippen molar-refractivity contribution in [3.8, 4) is 11.5 Å². The lowest BCUT2D eigenvalue weighted by Crippen LogP contribution is -2.46. The van der Waals surface area contributed by atoms with Gasteiger partial charge in [-0.15, -0.1) is 10.2 Å². The van der Waals surface area contributed by atoms with Gasteiger partial charge in [0.15, 0.2) is 0 Å². The van der Waals surface area contributed by atoms with Gasteiger partial charge < -0.3 is 20.0 Å². The van der Waals surface area contributed by atoms with Gasteiger partial charge in [-0.25, -0.2) is 9.18 Å². The summed E-state index contributed by atoms with van der Waals surface area (Å²) in [5.41, 5.74) is 2.31. The molecule has 12 heteroatoms. The Morgan fingerprint density at radius 1 is 1.25 bits per heavy atom. The number of alkyl halides is 2. The maximum absolute atomic E-state index is 15.2. The Morgan fingerprint density at radius 2 is 2.03 bits per heavy atom. The van der Waals surface area contributed by atoms with E-state index in [0.29, 0.717) is 36.6 Å². The summed E-state index contributed by atoms with van der Waals surface area (Å²) in [6.45, 7) is 3.67. The van der Waals surface area contributed by atoms with Crippen LogP contribution in [0.5, 0.6) is 0 Å². The van der Waals surface area contributed by atoms with Crippen molar-refractivity contribution in [1.82, 2.24) is 15.1 Å². The lowest BCUT2D eigenvalue weighted by Gasteiger charge is -2.33. The molecule has 1 saturated heterocycles. The maximum Gasteiger partial charge on any atom is 0.324 e. The van der Waals surface area contributed by atoms with Crippen LogP contribution in [-0.4, -0.2) is 58.5 Å². The molecule has 0 atom stereocenters. The smallest absolute Gasteiger partial charge is 0.324 e. The minimum Gasteiger partial charge on any atom is -0.415 e. The van der Waals surface area contributed by atoms with E-state index in [1.807, 2.05) is 6.92 Å². The van der Waals surface area contributed by atoms with E-state index in [1.165, 1.54) is 23.2 Å². The number of rotatable bonds is 8. The summed E-state index contributed by atoms with van der Waals surface area (Å²) < 4.78 is 45.6. The highest BCUT2D eigenvalue weighted by Crippen LogP contribution is 2.29. The van der Waals surface area contributed by atoms with Gasteiger partial charge in [-0.3, -0.25) is 4.90 Å². The van der Waals surface area contributed by atoms with Gasteiger partial charge >= 0.3 is 12.5 Å². The molecule has 8 nitrogen and oxygen atoms in total. The predicted octanol–water partition coefficient (Wildman–Crippen LogP) is 5.42. The second-order valence-corrected chi connectivity index (χ2v) is 9.19. The van der Waals surface area contributed by atoms with Crippen molar-refractivity contribution in [2.24, 2.45) is 0 Å². The first-order valence-electron chi connectivity index (χ1n) is 11.3. The van der Waals surface area contributed by atoms with Crippen molar-refractivity contribution >= 4 is 35.4 Å². The number of amides is 2. The number of carbonyl (C=O) groups excluding carboxylic acids is 1. The fraction of sp³-hybridized carbons (Fsp3) is 0.333. The Bertz CT molecular complexity index is 1230. The summed E-state index contributed by atoms with van der Waals surface area (Å²) in [5.74, 6) is -0.0480. The van der Waals surface area contributed by atoms with Crippen molar-refractivity contribution in [2.45, 2.75) is 19.9 Å². The van der Waals surface area contributed by atoms with E-state index in [1.54, 1.807) is 34.9 Å². The fourth-order valence-corrected chi connectivity index (χ4v) is 4.70. The number of thioether (sulfide) groups is 1. The molecule has 0 spiro atoms. The van der Waals surface area contributed by atoms with Crippen LogP contribution >= 0.6 is 11.8 Å². The number of anilines is 2. The van der Waals surface area contributed by atoms with Crippen LogP contribution in [0.2, 0.25) is 0 Å². The van der Waals surface area contributed by atoms with E-state index < -0.39 is 18.1 Å². The van der Waals surface area contributed by atoms with Crippen LogP contribution in [0.4, 0.5) is 29.3 Å². The zero-order chi connectivity index (χ0) is 25.7. The van der Waals surface area contributed by atoms with E-state index in [0.717, 1.165) is 17.6 Å². The Labute approximate surface area is 210 Å². The molecule has 1 aliphatic heterocycles. The molecule has 2 aromatic carbocycles. The molecule has 36 heavy (non-hydrogen) atoms. The third kappa shape index (κ3) is 5.64. The summed E-state index contributed by atoms with van der Waals surface area (Å²) in [4.78, 5) is 16.8. The third-order valence-corrected chi connectivity index (χ3v) is 6.58. The molecule has 2 N–H and O–H groups in total. The first-order chi connectivity index (χ1) is 17.4. The fourth-order valence-electron chi connectivity index (χ4n) is 3.79. The highest BCUT2D eigenvalue weighted by molar-refractivity contribution is 7.99. The van der Waals surface area contributed by atoms with Gasteiger partial charge in [0, 0.05) is 65.4 Å². The number of aromatic nitrogens is 2. The van der Waals surface area contributed by atoms with Crippen molar-refractivity contribution in [3.05, 3.63) is 59.2 Å². The molecule has 4 rings (SSSR count). The Balaban J connectivity index is 1.66. The Hall–Kier alpha value is -3.54. The number of nitrogens with zero attached hydrogens (tertiary/aromatic N) is 4. The molecule has 0 unspecified atom stereocenters. The largest absolute Gasteiger partial charge is 0.415 e. The van der Waals surface area contributed by atoms with Crippen LogP contribution in [0.1, 0.15) is 30.4 Å². The molecule has 2 heterocycles. The first kappa shape index (κ1) is 25.5. The number of halogens is 3. The molecule has 0 bridgehead atoms.